The van der Waals surface area contributed by atoms with Crippen molar-refractivity contribution in [3.63, 3.8) is 0 Å². The minimum Gasteiger partial charge on any atom is -0.465 e. The molecular weight excluding hydrogens is 438 g/mol. The lowest BCUT2D eigenvalue weighted by molar-refractivity contribution is -0.159. The SMILES string of the molecule is COC(=O)c1ccc(CNC(=O)[C@H](C)OC(=O)C2CCN(c3nc4ccccc4o3)CC2)cc1. The maximum absolute atomic E-state index is 12.6. The molecule has 1 aromatic heterocycles. The van der Waals surface area contributed by atoms with E-state index >= 15 is 0 Å². The Labute approximate surface area is 197 Å². The summed E-state index contributed by atoms with van der Waals surface area (Å²) in [5, 5.41) is 2.75. The van der Waals surface area contributed by atoms with Crippen LogP contribution in [0.1, 0.15) is 35.7 Å². The Bertz CT molecular complexity index is 1130. The molecule has 1 aliphatic heterocycles. The first-order valence-electron chi connectivity index (χ1n) is 11.2. The number of rotatable bonds is 7. The molecule has 1 saturated heterocycles. The first-order chi connectivity index (χ1) is 16.4. The third-order valence-corrected chi connectivity index (χ3v) is 5.89. The molecule has 0 unspecified atom stereocenters. The molecule has 34 heavy (non-hydrogen) atoms. The molecule has 0 saturated carbocycles. The topological polar surface area (TPSA) is 111 Å². The first kappa shape index (κ1) is 23.3. The second kappa shape index (κ2) is 10.4. The van der Waals surface area contributed by atoms with Gasteiger partial charge in [0.25, 0.3) is 11.9 Å². The number of ether oxygens (including phenoxy) is 2. The van der Waals surface area contributed by atoms with E-state index in [9.17, 15) is 14.4 Å². The number of hydrogen-bond donors (Lipinski definition) is 1. The van der Waals surface area contributed by atoms with Gasteiger partial charge >= 0.3 is 11.9 Å². The highest BCUT2D eigenvalue weighted by Gasteiger charge is 2.30. The molecule has 178 valence electrons. The van der Waals surface area contributed by atoms with Crippen LogP contribution in [-0.2, 0) is 25.6 Å². The third kappa shape index (κ3) is 5.36. The second-order valence-corrected chi connectivity index (χ2v) is 8.21. The number of benzene rings is 2. The van der Waals surface area contributed by atoms with Crippen molar-refractivity contribution < 1.29 is 28.3 Å². The van der Waals surface area contributed by atoms with E-state index in [4.69, 9.17) is 9.15 Å². The number of amides is 1. The first-order valence-corrected chi connectivity index (χ1v) is 11.2. The third-order valence-electron chi connectivity index (χ3n) is 5.89. The normalized spacial score (nSPS) is 15.1. The average molecular weight is 466 g/mol. The van der Waals surface area contributed by atoms with Crippen LogP contribution in [0.5, 0.6) is 0 Å². The number of methoxy groups -OCH3 is 1. The van der Waals surface area contributed by atoms with E-state index in [0.29, 0.717) is 37.5 Å². The molecule has 2 heterocycles. The Hall–Kier alpha value is -3.88. The Morgan fingerprint density at radius 3 is 2.50 bits per heavy atom. The number of piperidine rings is 1. The Kier molecular flexibility index (Phi) is 7.10. The van der Waals surface area contributed by atoms with E-state index < -0.39 is 12.1 Å². The van der Waals surface area contributed by atoms with Crippen LogP contribution < -0.4 is 10.2 Å². The van der Waals surface area contributed by atoms with Crippen LogP contribution in [0, 0.1) is 5.92 Å². The second-order valence-electron chi connectivity index (χ2n) is 8.21. The van der Waals surface area contributed by atoms with Crippen molar-refractivity contribution in [3.8, 4) is 0 Å². The number of fused-ring (bicyclic) bond motifs is 1. The van der Waals surface area contributed by atoms with Crippen LogP contribution in [-0.4, -0.2) is 49.1 Å². The Morgan fingerprint density at radius 1 is 1.12 bits per heavy atom. The highest BCUT2D eigenvalue weighted by molar-refractivity contribution is 5.89. The highest BCUT2D eigenvalue weighted by atomic mass is 16.5. The quantitative estimate of drug-likeness (QED) is 0.530. The van der Waals surface area contributed by atoms with E-state index in [0.717, 1.165) is 16.7 Å². The van der Waals surface area contributed by atoms with Crippen LogP contribution in [0.15, 0.2) is 52.9 Å². The van der Waals surface area contributed by atoms with Gasteiger partial charge in [0.2, 0.25) is 0 Å². The smallest absolute Gasteiger partial charge is 0.337 e. The Balaban J connectivity index is 1.22. The summed E-state index contributed by atoms with van der Waals surface area (Å²) in [6, 6.07) is 14.9. The van der Waals surface area contributed by atoms with Gasteiger partial charge in [-0.05, 0) is 49.6 Å². The van der Waals surface area contributed by atoms with Gasteiger partial charge in [-0.3, -0.25) is 9.59 Å². The molecule has 1 amide bonds. The van der Waals surface area contributed by atoms with Crippen molar-refractivity contribution in [1.82, 2.24) is 10.3 Å². The zero-order valence-corrected chi connectivity index (χ0v) is 19.2. The van der Waals surface area contributed by atoms with Crippen LogP contribution in [0.3, 0.4) is 0 Å². The fourth-order valence-electron chi connectivity index (χ4n) is 3.84. The van der Waals surface area contributed by atoms with Crippen LogP contribution in [0.4, 0.5) is 6.01 Å². The molecule has 1 aliphatic rings. The molecule has 1 atom stereocenters. The van der Waals surface area contributed by atoms with E-state index in [1.807, 2.05) is 29.2 Å². The van der Waals surface area contributed by atoms with Gasteiger partial charge < -0.3 is 24.1 Å². The monoisotopic (exact) mass is 465 g/mol. The molecule has 0 bridgehead atoms. The standard InChI is InChI=1S/C25H27N3O6/c1-16(22(29)26-15-17-7-9-18(10-8-17)23(30)32-2)33-24(31)19-11-13-28(14-12-19)25-27-20-5-3-4-6-21(20)34-25/h3-10,16,19H,11-15H2,1-2H3,(H,26,29)/t16-/m0/s1. The van der Waals surface area contributed by atoms with Crippen molar-refractivity contribution in [1.29, 1.82) is 0 Å². The summed E-state index contributed by atoms with van der Waals surface area (Å²) in [4.78, 5) is 43.0. The number of oxazole rings is 1. The molecule has 0 spiro atoms. The molecule has 3 aromatic rings. The van der Waals surface area contributed by atoms with Crippen molar-refractivity contribution in [2.75, 3.05) is 25.1 Å². The number of para-hydroxylation sites is 2. The zero-order valence-electron chi connectivity index (χ0n) is 19.2. The summed E-state index contributed by atoms with van der Waals surface area (Å²) in [7, 11) is 1.32. The summed E-state index contributed by atoms with van der Waals surface area (Å²) in [5.74, 6) is -1.45. The van der Waals surface area contributed by atoms with Crippen molar-refractivity contribution in [3.05, 3.63) is 59.7 Å². The number of carbonyl (C=O) groups is 3. The zero-order chi connectivity index (χ0) is 24.1. The number of anilines is 1. The maximum atomic E-state index is 12.6. The van der Waals surface area contributed by atoms with Crippen LogP contribution in [0.25, 0.3) is 11.1 Å². The van der Waals surface area contributed by atoms with Crippen molar-refractivity contribution >= 4 is 35.0 Å². The molecule has 2 aromatic carbocycles. The van der Waals surface area contributed by atoms with Crippen LogP contribution >= 0.6 is 0 Å². The van der Waals surface area contributed by atoms with Gasteiger partial charge in [-0.15, -0.1) is 0 Å². The average Bonchev–Trinajstić information content (AvgIpc) is 3.31. The summed E-state index contributed by atoms with van der Waals surface area (Å²) >= 11 is 0. The van der Waals surface area contributed by atoms with Gasteiger partial charge in [0.05, 0.1) is 18.6 Å². The minimum absolute atomic E-state index is 0.255. The lowest BCUT2D eigenvalue weighted by Crippen LogP contribution is -2.40. The van der Waals surface area contributed by atoms with E-state index in [2.05, 4.69) is 15.0 Å². The lowest BCUT2D eigenvalue weighted by atomic mass is 9.97. The molecule has 1 fully saturated rings. The number of esters is 2. The summed E-state index contributed by atoms with van der Waals surface area (Å²) in [6.45, 7) is 3.05. The van der Waals surface area contributed by atoms with Gasteiger partial charge in [0, 0.05) is 19.6 Å². The number of nitrogens with zero attached hydrogens (tertiary/aromatic N) is 2. The molecule has 9 nitrogen and oxygen atoms in total. The largest absolute Gasteiger partial charge is 0.465 e. The number of aromatic nitrogens is 1. The number of nitrogens with one attached hydrogen (secondary N) is 1. The van der Waals surface area contributed by atoms with E-state index in [1.165, 1.54) is 7.11 Å². The molecule has 4 rings (SSSR count). The van der Waals surface area contributed by atoms with Gasteiger partial charge in [0.1, 0.15) is 5.52 Å². The van der Waals surface area contributed by atoms with Gasteiger partial charge in [-0.1, -0.05) is 24.3 Å². The molecule has 0 aliphatic carbocycles. The fourth-order valence-corrected chi connectivity index (χ4v) is 3.84. The Morgan fingerprint density at radius 2 is 1.82 bits per heavy atom. The maximum Gasteiger partial charge on any atom is 0.337 e. The minimum atomic E-state index is -0.906. The molecule has 0 radical (unpaired) electrons. The van der Waals surface area contributed by atoms with Gasteiger partial charge in [0.15, 0.2) is 11.7 Å². The van der Waals surface area contributed by atoms with Gasteiger partial charge in [-0.2, -0.15) is 4.98 Å². The van der Waals surface area contributed by atoms with Crippen LogP contribution in [0.2, 0.25) is 0 Å². The van der Waals surface area contributed by atoms with E-state index in [1.54, 1.807) is 31.2 Å². The fraction of sp³-hybridized carbons (Fsp3) is 0.360. The summed E-state index contributed by atoms with van der Waals surface area (Å²) in [6.07, 6.45) is 0.286. The number of carbonyl (C=O) groups excluding carboxylic acids is 3. The summed E-state index contributed by atoms with van der Waals surface area (Å²) < 4.78 is 15.9. The molecular formula is C25H27N3O6. The number of hydrogen-bond acceptors (Lipinski definition) is 8. The van der Waals surface area contributed by atoms with E-state index in [-0.39, 0.29) is 24.3 Å². The van der Waals surface area contributed by atoms with Gasteiger partial charge in [-0.25, -0.2) is 4.79 Å². The predicted octanol–water partition coefficient (Wildman–Crippen LogP) is 3.08. The molecule has 1 N–H and O–H groups in total. The molecule has 9 heteroatoms. The lowest BCUT2D eigenvalue weighted by Gasteiger charge is -2.30. The summed E-state index contributed by atoms with van der Waals surface area (Å²) in [5.41, 5.74) is 2.78. The van der Waals surface area contributed by atoms with Crippen molar-refractivity contribution in [2.45, 2.75) is 32.4 Å². The predicted molar refractivity (Wildman–Crippen MR) is 124 cm³/mol. The highest BCUT2D eigenvalue weighted by Crippen LogP contribution is 2.27. The van der Waals surface area contributed by atoms with Crippen molar-refractivity contribution in [2.24, 2.45) is 5.92 Å².